The molecule has 378 valence electrons. The van der Waals surface area contributed by atoms with Crippen molar-refractivity contribution < 1.29 is 28.6 Å². The molecule has 0 aromatic heterocycles. The predicted octanol–water partition coefficient (Wildman–Crippen LogP) is 18.4. The van der Waals surface area contributed by atoms with Crippen molar-refractivity contribution in [3.8, 4) is 0 Å². The lowest BCUT2D eigenvalue weighted by Crippen LogP contribution is -2.30. The Bertz CT molecular complexity index is 1290. The molecule has 0 fully saturated rings. The van der Waals surface area contributed by atoms with Gasteiger partial charge in [-0.25, -0.2) is 0 Å². The highest BCUT2D eigenvalue weighted by Gasteiger charge is 2.19. The lowest BCUT2D eigenvalue weighted by molar-refractivity contribution is -0.167. The summed E-state index contributed by atoms with van der Waals surface area (Å²) in [5.41, 5.74) is 0. The van der Waals surface area contributed by atoms with Gasteiger partial charge in [0.2, 0.25) is 0 Å². The van der Waals surface area contributed by atoms with Crippen LogP contribution in [-0.2, 0) is 28.6 Å². The Morgan fingerprint density at radius 2 is 0.621 bits per heavy atom. The summed E-state index contributed by atoms with van der Waals surface area (Å²) >= 11 is 0. The van der Waals surface area contributed by atoms with Crippen LogP contribution in [0.25, 0.3) is 0 Å². The maximum atomic E-state index is 12.7. The molecule has 6 nitrogen and oxygen atoms in total. The first kappa shape index (κ1) is 62.6. The van der Waals surface area contributed by atoms with Gasteiger partial charge in [0, 0.05) is 19.3 Å². The second-order valence-corrected chi connectivity index (χ2v) is 18.1. The molecule has 0 amide bonds. The topological polar surface area (TPSA) is 78.9 Å². The average Bonchev–Trinajstić information content (AvgIpc) is 3.31. The molecule has 0 aromatic rings. The van der Waals surface area contributed by atoms with E-state index in [9.17, 15) is 14.4 Å². The van der Waals surface area contributed by atoms with E-state index in [1.807, 2.05) is 0 Å². The Labute approximate surface area is 407 Å². The molecule has 66 heavy (non-hydrogen) atoms. The van der Waals surface area contributed by atoms with Gasteiger partial charge < -0.3 is 14.2 Å². The van der Waals surface area contributed by atoms with Crippen LogP contribution in [0, 0.1) is 0 Å². The minimum absolute atomic E-state index is 0.0784. The van der Waals surface area contributed by atoms with Crippen LogP contribution >= 0.6 is 0 Å². The quantitative estimate of drug-likeness (QED) is 0.0262. The van der Waals surface area contributed by atoms with Gasteiger partial charge in [0.05, 0.1) is 0 Å². The SMILES string of the molecule is CC/C=C\C/C=C\C/C=C\C/C=C\C/C=C\C/C=C\CCCCCCCCCCCCCCCCC(=O)OCC(COC(=O)CCCCCCC)OC(=O)CCCCCCC/C=C\CCC. The summed E-state index contributed by atoms with van der Waals surface area (Å²) in [6.07, 6.45) is 70.7. The predicted molar refractivity (Wildman–Crippen MR) is 284 cm³/mol. The normalized spacial score (nSPS) is 12.7. The van der Waals surface area contributed by atoms with Crippen molar-refractivity contribution in [1.82, 2.24) is 0 Å². The van der Waals surface area contributed by atoms with Crippen LogP contribution in [0.15, 0.2) is 85.1 Å². The van der Waals surface area contributed by atoms with Crippen LogP contribution in [0.4, 0.5) is 0 Å². The summed E-state index contributed by atoms with van der Waals surface area (Å²) in [4.78, 5) is 37.6. The van der Waals surface area contributed by atoms with Crippen LogP contribution in [0.3, 0.4) is 0 Å². The average molecular weight is 919 g/mol. The van der Waals surface area contributed by atoms with Gasteiger partial charge in [0.1, 0.15) is 13.2 Å². The van der Waals surface area contributed by atoms with E-state index in [2.05, 4.69) is 106 Å². The number of carbonyl (C=O) groups is 3. The number of allylic oxidation sites excluding steroid dienone is 14. The Kier molecular flexibility index (Phi) is 51.4. The van der Waals surface area contributed by atoms with Gasteiger partial charge in [-0.3, -0.25) is 14.4 Å². The molecule has 0 saturated heterocycles. The third kappa shape index (κ3) is 51.6. The molecule has 6 heteroatoms. The van der Waals surface area contributed by atoms with Gasteiger partial charge in [-0.05, 0) is 89.9 Å². The highest BCUT2D eigenvalue weighted by atomic mass is 16.6. The van der Waals surface area contributed by atoms with E-state index in [0.717, 1.165) is 122 Å². The first-order valence-electron chi connectivity index (χ1n) is 27.6. The van der Waals surface area contributed by atoms with E-state index < -0.39 is 6.10 Å². The van der Waals surface area contributed by atoms with E-state index in [-0.39, 0.29) is 31.1 Å². The molecule has 0 bridgehead atoms. The molecule has 1 atom stereocenters. The smallest absolute Gasteiger partial charge is 0.306 e. The van der Waals surface area contributed by atoms with Gasteiger partial charge in [0.15, 0.2) is 6.10 Å². The molecule has 0 saturated carbocycles. The third-order valence-corrected chi connectivity index (χ3v) is 11.6. The minimum atomic E-state index is -0.773. The Balaban J connectivity index is 3.92. The van der Waals surface area contributed by atoms with Crippen molar-refractivity contribution in [2.75, 3.05) is 13.2 Å². The van der Waals surface area contributed by atoms with Gasteiger partial charge >= 0.3 is 17.9 Å². The standard InChI is InChI=1S/C60H102O6/c1-4-7-10-13-15-17-19-20-21-22-23-24-25-26-27-28-29-30-31-32-33-34-35-36-37-38-39-40-41-43-44-47-50-53-59(62)65-56-57(55-64-58(61)52-49-46-12-9-6-3)66-60(63)54-51-48-45-42-18-16-14-11-8-5-2/h7,10-11,14-15,17,20-21,23-24,26-27,29-30,57H,4-6,8-9,12-13,16,18-19,22,25,28,31-56H2,1-3H3/b10-7-,14-11-,17-15-,21-20-,24-23-,27-26-,30-29-. The van der Waals surface area contributed by atoms with Crippen molar-refractivity contribution >= 4 is 17.9 Å². The van der Waals surface area contributed by atoms with Crippen molar-refractivity contribution in [3.63, 3.8) is 0 Å². The molecule has 0 aromatic carbocycles. The second-order valence-electron chi connectivity index (χ2n) is 18.1. The molecule has 0 aliphatic carbocycles. The maximum Gasteiger partial charge on any atom is 0.306 e. The van der Waals surface area contributed by atoms with Crippen LogP contribution in [0.2, 0.25) is 0 Å². The number of unbranched alkanes of at least 4 members (excludes halogenated alkanes) is 24. The second kappa shape index (κ2) is 54.2. The van der Waals surface area contributed by atoms with E-state index in [4.69, 9.17) is 14.2 Å². The fraction of sp³-hybridized carbons (Fsp3) is 0.717. The number of ether oxygens (including phenoxy) is 3. The molecule has 0 aliphatic heterocycles. The number of carbonyl (C=O) groups excluding carboxylic acids is 3. The van der Waals surface area contributed by atoms with Gasteiger partial charge in [-0.15, -0.1) is 0 Å². The molecule has 0 aliphatic rings. The molecule has 0 radical (unpaired) electrons. The molecule has 0 N–H and O–H groups in total. The molecule has 0 rings (SSSR count). The van der Waals surface area contributed by atoms with Crippen molar-refractivity contribution in [3.05, 3.63) is 85.1 Å². The first-order valence-corrected chi connectivity index (χ1v) is 27.6. The lowest BCUT2D eigenvalue weighted by atomic mass is 10.0. The summed E-state index contributed by atoms with van der Waals surface area (Å²) < 4.78 is 16.6. The number of esters is 3. The summed E-state index contributed by atoms with van der Waals surface area (Å²) in [5.74, 6) is -0.904. The third-order valence-electron chi connectivity index (χ3n) is 11.6. The highest BCUT2D eigenvalue weighted by molar-refractivity contribution is 5.71. The zero-order valence-corrected chi connectivity index (χ0v) is 43.2. The number of hydrogen-bond donors (Lipinski definition) is 0. The lowest BCUT2D eigenvalue weighted by Gasteiger charge is -2.18. The van der Waals surface area contributed by atoms with Crippen molar-refractivity contribution in [2.45, 2.75) is 264 Å². The summed E-state index contributed by atoms with van der Waals surface area (Å²) in [6.45, 7) is 6.37. The highest BCUT2D eigenvalue weighted by Crippen LogP contribution is 2.15. The van der Waals surface area contributed by atoms with E-state index in [1.54, 1.807) is 0 Å². The fourth-order valence-electron chi connectivity index (χ4n) is 7.51. The van der Waals surface area contributed by atoms with Gasteiger partial charge in [0.25, 0.3) is 0 Å². The Morgan fingerprint density at radius 3 is 1.00 bits per heavy atom. The Hall–Kier alpha value is -3.41. The van der Waals surface area contributed by atoms with Crippen LogP contribution < -0.4 is 0 Å². The zero-order chi connectivity index (χ0) is 47.9. The van der Waals surface area contributed by atoms with Gasteiger partial charge in [-0.1, -0.05) is 234 Å². The minimum Gasteiger partial charge on any atom is -0.462 e. The first-order chi connectivity index (χ1) is 32.5. The molecular weight excluding hydrogens is 817 g/mol. The number of rotatable bonds is 49. The number of hydrogen-bond acceptors (Lipinski definition) is 6. The van der Waals surface area contributed by atoms with Crippen LogP contribution in [0.5, 0.6) is 0 Å². The van der Waals surface area contributed by atoms with Crippen LogP contribution in [0.1, 0.15) is 258 Å². The van der Waals surface area contributed by atoms with E-state index >= 15 is 0 Å². The summed E-state index contributed by atoms with van der Waals surface area (Å²) in [6, 6.07) is 0. The van der Waals surface area contributed by atoms with Crippen LogP contribution in [-0.4, -0.2) is 37.2 Å². The molecule has 0 heterocycles. The fourth-order valence-corrected chi connectivity index (χ4v) is 7.51. The van der Waals surface area contributed by atoms with Gasteiger partial charge in [-0.2, -0.15) is 0 Å². The molecule has 1 unspecified atom stereocenters. The van der Waals surface area contributed by atoms with E-state index in [0.29, 0.717) is 19.3 Å². The molecule has 0 spiro atoms. The van der Waals surface area contributed by atoms with E-state index in [1.165, 1.54) is 96.3 Å². The zero-order valence-electron chi connectivity index (χ0n) is 43.2. The van der Waals surface area contributed by atoms with Crippen molar-refractivity contribution in [1.29, 1.82) is 0 Å². The van der Waals surface area contributed by atoms with Crippen molar-refractivity contribution in [2.24, 2.45) is 0 Å². The largest absolute Gasteiger partial charge is 0.462 e. The summed E-state index contributed by atoms with van der Waals surface area (Å²) in [5, 5.41) is 0. The monoisotopic (exact) mass is 919 g/mol. The molecular formula is C60H102O6. The summed E-state index contributed by atoms with van der Waals surface area (Å²) in [7, 11) is 0. The Morgan fingerprint density at radius 1 is 0.318 bits per heavy atom. The maximum absolute atomic E-state index is 12.7.